The van der Waals surface area contributed by atoms with E-state index in [1.165, 1.54) is 6.92 Å². The van der Waals surface area contributed by atoms with Gasteiger partial charge < -0.3 is 32.6 Å². The first-order chi connectivity index (χ1) is 14.8. The maximum Gasteiger partial charge on any atom is 0.333 e. The average Bonchev–Trinajstić information content (AvgIpc) is 3.25. The van der Waals surface area contributed by atoms with E-state index in [4.69, 9.17) is 37.2 Å². The number of hydrogen-bond donors (Lipinski definition) is 0. The van der Waals surface area contributed by atoms with Crippen LogP contribution in [0.25, 0.3) is 0 Å². The van der Waals surface area contributed by atoms with E-state index in [0.29, 0.717) is 0 Å². The van der Waals surface area contributed by atoms with Gasteiger partial charge in [-0.2, -0.15) is 5.26 Å². The van der Waals surface area contributed by atoms with Crippen LogP contribution in [0.15, 0.2) is 0 Å². The zero-order chi connectivity index (χ0) is 22.8. The molecule has 7 atom stereocenters. The van der Waals surface area contributed by atoms with Gasteiger partial charge in [0, 0.05) is 20.8 Å². The van der Waals surface area contributed by atoms with Gasteiger partial charge >= 0.3 is 14.6 Å². The van der Waals surface area contributed by atoms with Gasteiger partial charge in [0.1, 0.15) is 18.0 Å². The summed E-state index contributed by atoms with van der Waals surface area (Å²) in [5.41, 5.74) is 0. The fourth-order valence-corrected chi connectivity index (χ4v) is 3.57. The van der Waals surface area contributed by atoms with Gasteiger partial charge in [-0.25, -0.2) is 0 Å². The van der Waals surface area contributed by atoms with Crippen LogP contribution in [0.5, 0.6) is 0 Å². The molecule has 10 heteroatoms. The van der Waals surface area contributed by atoms with Crippen molar-refractivity contribution in [1.29, 1.82) is 5.26 Å². The molecule has 0 radical (unpaired) electrons. The van der Waals surface area contributed by atoms with Crippen molar-refractivity contribution in [3.63, 3.8) is 0 Å². The molecule has 2 rings (SSSR count). The van der Waals surface area contributed by atoms with E-state index >= 15 is 0 Å². The SMILES string of the molecule is [2H]C[C@H]1O[C@@H]([3H])CC1OP(OCCC#N)OC[C@H]1O[C@@H]([3H])CC1OC(=O)CCC(C)=O. The predicted molar refractivity (Wildman–Crippen MR) is 98.1 cm³/mol. The van der Waals surface area contributed by atoms with Crippen molar-refractivity contribution in [2.24, 2.45) is 0 Å². The third kappa shape index (κ3) is 8.08. The maximum atomic E-state index is 11.9. The minimum atomic E-state index is -1.94. The molecule has 0 bridgehead atoms. The highest BCUT2D eigenvalue weighted by molar-refractivity contribution is 7.41. The Morgan fingerprint density at radius 3 is 2.82 bits per heavy atom. The van der Waals surface area contributed by atoms with Crippen molar-refractivity contribution in [2.75, 3.05) is 26.4 Å². The van der Waals surface area contributed by atoms with E-state index in [0.717, 1.165) is 0 Å². The molecule has 0 amide bonds. The molecule has 0 N–H and O–H groups in total. The van der Waals surface area contributed by atoms with Crippen molar-refractivity contribution < 1.29 is 41.5 Å². The topological polar surface area (TPSA) is 113 Å². The number of hydrogen-bond acceptors (Lipinski definition) is 9. The van der Waals surface area contributed by atoms with Crippen LogP contribution in [0.2, 0.25) is 0 Å². The highest BCUT2D eigenvalue weighted by Crippen LogP contribution is 2.44. The zero-order valence-electron chi connectivity index (χ0n) is 18.8. The van der Waals surface area contributed by atoms with Crippen LogP contribution in [0.1, 0.15) is 50.0 Å². The van der Waals surface area contributed by atoms with Crippen molar-refractivity contribution in [2.45, 2.75) is 70.3 Å². The standard InChI is InChI=1S/C18H28NO8P/c1-13(20)4-5-18(21)26-16-7-11-23-17(16)12-25-28(24-9-3-8-19)27-15-6-10-22-14(15)2/h14-17H,3-7,9-12H2,1-2H3/t14-,15?,16?,17-,28?/m1/s1/i2D,10T,11T/t10-,11-,14+,15?,16?,17+,28?/m0. The summed E-state index contributed by atoms with van der Waals surface area (Å²) in [5.74, 6) is -0.665. The fourth-order valence-electron chi connectivity index (χ4n) is 2.42. The Labute approximate surface area is 170 Å². The minimum absolute atomic E-state index is 0.0420. The van der Waals surface area contributed by atoms with E-state index < -0.39 is 52.2 Å². The van der Waals surface area contributed by atoms with Gasteiger partial charge in [-0.1, -0.05) is 0 Å². The molecular weight excluding hydrogens is 389 g/mol. The third-order valence-corrected chi connectivity index (χ3v) is 5.16. The molecule has 2 heterocycles. The van der Waals surface area contributed by atoms with E-state index in [-0.39, 0.29) is 58.0 Å². The van der Waals surface area contributed by atoms with Crippen LogP contribution in [0.3, 0.4) is 0 Å². The van der Waals surface area contributed by atoms with Gasteiger partial charge in [-0.3, -0.25) is 4.79 Å². The number of esters is 1. The molecule has 2 aliphatic heterocycles. The summed E-state index contributed by atoms with van der Waals surface area (Å²) in [4.78, 5) is 23.0. The quantitative estimate of drug-likeness (QED) is 0.266. The largest absolute Gasteiger partial charge is 0.459 e. The molecule has 0 spiro atoms. The molecule has 28 heavy (non-hydrogen) atoms. The summed E-state index contributed by atoms with van der Waals surface area (Å²) in [6.07, 6.45) is -1.95. The van der Waals surface area contributed by atoms with E-state index in [2.05, 4.69) is 0 Å². The summed E-state index contributed by atoms with van der Waals surface area (Å²) < 4.78 is 56.2. The number of carbonyl (C=O) groups is 2. The highest BCUT2D eigenvalue weighted by atomic mass is 31.2. The van der Waals surface area contributed by atoms with Crippen LogP contribution < -0.4 is 0 Å². The normalized spacial score (nSPS) is 34.8. The first kappa shape index (κ1) is 18.9. The Kier molecular flexibility index (Phi) is 8.37. The summed E-state index contributed by atoms with van der Waals surface area (Å²) in [7, 11) is -1.94. The Bertz CT molecular complexity index is 639. The number of rotatable bonds is 12. The van der Waals surface area contributed by atoms with E-state index in [9.17, 15) is 9.59 Å². The lowest BCUT2D eigenvalue weighted by Crippen LogP contribution is -2.31. The molecule has 2 saturated heterocycles. The van der Waals surface area contributed by atoms with Gasteiger partial charge in [0.25, 0.3) is 0 Å². The smallest absolute Gasteiger partial charge is 0.333 e. The minimum Gasteiger partial charge on any atom is -0.459 e. The summed E-state index contributed by atoms with van der Waals surface area (Å²) in [5, 5.41) is 8.72. The highest BCUT2D eigenvalue weighted by Gasteiger charge is 2.35. The molecular formula is C18H28NO8P. The van der Waals surface area contributed by atoms with Crippen molar-refractivity contribution in [1.82, 2.24) is 0 Å². The van der Waals surface area contributed by atoms with Crippen LogP contribution in [-0.4, -0.2) is 62.5 Å². The van der Waals surface area contributed by atoms with Crippen LogP contribution in [0.4, 0.5) is 0 Å². The first-order valence-electron chi connectivity index (χ1n) is 10.9. The van der Waals surface area contributed by atoms with Gasteiger partial charge in [0.15, 0.2) is 0 Å². The third-order valence-electron chi connectivity index (χ3n) is 3.97. The second-order valence-corrected chi connectivity index (χ2v) is 7.46. The molecule has 2 aliphatic rings. The lowest BCUT2D eigenvalue weighted by molar-refractivity contribution is -0.153. The molecule has 0 aromatic heterocycles. The molecule has 158 valence electrons. The zero-order valence-corrected chi connectivity index (χ0v) is 16.7. The van der Waals surface area contributed by atoms with E-state index in [1.54, 1.807) is 0 Å². The summed E-state index contributed by atoms with van der Waals surface area (Å²) in [6, 6.07) is 1.95. The van der Waals surface area contributed by atoms with Gasteiger partial charge in [0.05, 0.1) is 53.7 Å². The second-order valence-electron chi connectivity index (χ2n) is 6.29. The number of nitriles is 1. The molecule has 0 aromatic rings. The van der Waals surface area contributed by atoms with Crippen LogP contribution in [0, 0.1) is 11.3 Å². The molecule has 0 aromatic carbocycles. The molecule has 2 fully saturated rings. The average molecular weight is 422 g/mol. The number of carbonyl (C=O) groups excluding carboxylic acids is 2. The van der Waals surface area contributed by atoms with Crippen molar-refractivity contribution in [3.8, 4) is 6.07 Å². The molecule has 9 nitrogen and oxygen atoms in total. The Balaban J connectivity index is 1.90. The molecule has 0 aliphatic carbocycles. The monoisotopic (exact) mass is 422 g/mol. The maximum absolute atomic E-state index is 11.9. The molecule has 3 unspecified atom stereocenters. The number of ketones is 1. The fraction of sp³-hybridized carbons (Fsp3) is 0.833. The second kappa shape index (κ2) is 12.4. The van der Waals surface area contributed by atoms with Crippen LogP contribution >= 0.6 is 8.60 Å². The number of Topliss-reactive ketones (excluding diaryl/α,β-unsaturated/α-hetero) is 1. The summed E-state index contributed by atoms with van der Waals surface area (Å²) >= 11 is 0. The summed E-state index contributed by atoms with van der Waals surface area (Å²) in [6.45, 7) is -0.376. The van der Waals surface area contributed by atoms with E-state index in [1.807, 2.05) is 6.07 Å². The van der Waals surface area contributed by atoms with Crippen molar-refractivity contribution in [3.05, 3.63) is 0 Å². The van der Waals surface area contributed by atoms with Crippen molar-refractivity contribution >= 4 is 20.4 Å². The number of nitrogens with zero attached hydrogens (tertiary/aromatic N) is 1. The molecule has 0 saturated carbocycles. The van der Waals surface area contributed by atoms with Gasteiger partial charge in [-0.05, 0) is 20.2 Å². The van der Waals surface area contributed by atoms with Gasteiger partial charge in [0.2, 0.25) is 0 Å². The Morgan fingerprint density at radius 2 is 2.07 bits per heavy atom. The number of ether oxygens (including phenoxy) is 3. The first-order valence-corrected chi connectivity index (χ1v) is 10.1. The Morgan fingerprint density at radius 1 is 1.29 bits per heavy atom. The Hall–Kier alpha value is -1.14. The lowest BCUT2D eigenvalue weighted by Gasteiger charge is -2.24. The lowest BCUT2D eigenvalue weighted by atomic mass is 10.2. The predicted octanol–water partition coefficient (Wildman–Crippen LogP) is 2.42. The van der Waals surface area contributed by atoms with Crippen LogP contribution in [-0.2, 0) is 37.4 Å². The van der Waals surface area contributed by atoms with Gasteiger partial charge in [-0.15, -0.1) is 0 Å².